The molecule has 0 spiro atoms. The smallest absolute Gasteiger partial charge is 0.328 e. The molecule has 5 heteroatoms. The first-order valence-electron chi connectivity index (χ1n) is 7.48. The van der Waals surface area contributed by atoms with Crippen molar-refractivity contribution < 1.29 is 13.2 Å². The van der Waals surface area contributed by atoms with Crippen LogP contribution < -0.4 is 5.73 Å². The molecule has 2 rings (SSSR count). The van der Waals surface area contributed by atoms with E-state index in [1.807, 2.05) is 6.07 Å². The van der Waals surface area contributed by atoms with Gasteiger partial charge in [-0.25, -0.2) is 0 Å². The number of alkyl halides is 3. The Bertz CT molecular complexity index is 465. The van der Waals surface area contributed by atoms with Crippen LogP contribution >= 0.6 is 11.8 Å². The molecule has 1 aliphatic carbocycles. The molecular weight excluding hydrogens is 295 g/mol. The van der Waals surface area contributed by atoms with Crippen molar-refractivity contribution in [1.29, 1.82) is 0 Å². The molecule has 1 aliphatic rings. The molecule has 21 heavy (non-hydrogen) atoms. The largest absolute Gasteiger partial charge is 0.416 e. The Morgan fingerprint density at radius 1 is 1.24 bits per heavy atom. The first kappa shape index (κ1) is 16.7. The van der Waals surface area contributed by atoms with Gasteiger partial charge >= 0.3 is 6.18 Å². The predicted molar refractivity (Wildman–Crippen MR) is 81.5 cm³/mol. The van der Waals surface area contributed by atoms with E-state index in [0.717, 1.165) is 17.7 Å². The third kappa shape index (κ3) is 4.92. The van der Waals surface area contributed by atoms with Crippen LogP contribution in [0.4, 0.5) is 13.2 Å². The van der Waals surface area contributed by atoms with E-state index in [-0.39, 0.29) is 12.5 Å². The second-order valence-corrected chi connectivity index (χ2v) is 7.25. The Hall–Kier alpha value is -0.680. The summed E-state index contributed by atoms with van der Waals surface area (Å²) in [6, 6.07) is 4.43. The summed E-state index contributed by atoms with van der Waals surface area (Å²) in [4.78, 5) is 0.725. The molecule has 1 atom stereocenters. The summed E-state index contributed by atoms with van der Waals surface area (Å²) < 4.78 is 39.6. The van der Waals surface area contributed by atoms with Gasteiger partial charge in [-0.15, -0.1) is 11.8 Å². The van der Waals surface area contributed by atoms with Gasteiger partial charge in [-0.1, -0.05) is 25.3 Å². The highest BCUT2D eigenvalue weighted by atomic mass is 32.2. The molecule has 0 saturated heterocycles. The summed E-state index contributed by atoms with van der Waals surface area (Å²) in [6.45, 7) is 1.73. The quantitative estimate of drug-likeness (QED) is 0.844. The zero-order valence-corrected chi connectivity index (χ0v) is 13.1. The van der Waals surface area contributed by atoms with Crippen molar-refractivity contribution in [3.8, 4) is 0 Å². The maximum Gasteiger partial charge on any atom is 0.416 e. The van der Waals surface area contributed by atoms with E-state index in [9.17, 15) is 13.2 Å². The number of nitrogens with two attached hydrogens (primary N) is 1. The lowest BCUT2D eigenvalue weighted by molar-refractivity contribution is -0.138. The highest BCUT2D eigenvalue weighted by Crippen LogP contribution is 2.38. The van der Waals surface area contributed by atoms with E-state index in [1.54, 1.807) is 24.8 Å². The Balaban J connectivity index is 2.19. The molecule has 1 aromatic rings. The monoisotopic (exact) mass is 317 g/mol. The summed E-state index contributed by atoms with van der Waals surface area (Å²) in [5.74, 6) is 0. The number of hydrogen-bond acceptors (Lipinski definition) is 2. The van der Waals surface area contributed by atoms with E-state index >= 15 is 0 Å². The molecule has 0 amide bonds. The van der Waals surface area contributed by atoms with Crippen LogP contribution in [0, 0.1) is 0 Å². The molecule has 1 aromatic carbocycles. The zero-order chi connectivity index (χ0) is 15.5. The van der Waals surface area contributed by atoms with Crippen molar-refractivity contribution in [2.24, 2.45) is 5.73 Å². The van der Waals surface area contributed by atoms with Crippen molar-refractivity contribution in [2.45, 2.75) is 67.8 Å². The fourth-order valence-electron chi connectivity index (χ4n) is 2.79. The van der Waals surface area contributed by atoms with Gasteiger partial charge < -0.3 is 5.73 Å². The highest BCUT2D eigenvalue weighted by molar-refractivity contribution is 8.00. The topological polar surface area (TPSA) is 26.0 Å². The molecule has 1 nitrogen and oxygen atoms in total. The van der Waals surface area contributed by atoms with Gasteiger partial charge in [0, 0.05) is 16.2 Å². The number of hydrogen-bond donors (Lipinski definition) is 1. The van der Waals surface area contributed by atoms with Crippen molar-refractivity contribution >= 4 is 11.8 Å². The lowest BCUT2D eigenvalue weighted by Crippen LogP contribution is -2.20. The van der Waals surface area contributed by atoms with Gasteiger partial charge in [0.25, 0.3) is 0 Å². The van der Waals surface area contributed by atoms with Crippen LogP contribution in [0.2, 0.25) is 0 Å². The normalized spacial score (nSPS) is 18.7. The van der Waals surface area contributed by atoms with Crippen LogP contribution in [0.1, 0.15) is 50.2 Å². The Kier molecular flexibility index (Phi) is 5.60. The average molecular weight is 317 g/mol. The van der Waals surface area contributed by atoms with E-state index in [2.05, 4.69) is 0 Å². The average Bonchev–Trinajstić information content (AvgIpc) is 2.40. The summed E-state index contributed by atoms with van der Waals surface area (Å²) in [6.07, 6.45) is 1.77. The second kappa shape index (κ2) is 7.05. The van der Waals surface area contributed by atoms with Gasteiger partial charge in [0.15, 0.2) is 0 Å². The van der Waals surface area contributed by atoms with Crippen LogP contribution in [0.25, 0.3) is 0 Å². The summed E-state index contributed by atoms with van der Waals surface area (Å²) in [7, 11) is 0. The van der Waals surface area contributed by atoms with E-state index in [1.165, 1.54) is 25.3 Å². The van der Waals surface area contributed by atoms with Crippen LogP contribution in [-0.4, -0.2) is 11.3 Å². The molecule has 1 fully saturated rings. The van der Waals surface area contributed by atoms with Crippen molar-refractivity contribution in [3.63, 3.8) is 0 Å². The lowest BCUT2D eigenvalue weighted by atomic mass is 10.0. The fourth-order valence-corrected chi connectivity index (χ4v) is 4.08. The van der Waals surface area contributed by atoms with Crippen LogP contribution in [-0.2, 0) is 12.6 Å². The minimum atomic E-state index is -4.31. The van der Waals surface area contributed by atoms with Gasteiger partial charge in [-0.2, -0.15) is 13.2 Å². The predicted octanol–water partition coefficient (Wildman–Crippen LogP) is 5.02. The molecule has 0 aliphatic heterocycles. The Labute approximate surface area is 128 Å². The highest BCUT2D eigenvalue weighted by Gasteiger charge is 2.33. The minimum Gasteiger partial charge on any atom is -0.328 e. The minimum absolute atomic E-state index is 0.253. The first-order chi connectivity index (χ1) is 9.86. The molecule has 1 unspecified atom stereocenters. The summed E-state index contributed by atoms with van der Waals surface area (Å²) >= 11 is 1.59. The molecule has 0 bridgehead atoms. The summed E-state index contributed by atoms with van der Waals surface area (Å²) in [5, 5.41) is 0.458. The molecule has 0 heterocycles. The third-order valence-electron chi connectivity index (χ3n) is 3.78. The number of benzene rings is 1. The van der Waals surface area contributed by atoms with E-state index in [4.69, 9.17) is 5.73 Å². The second-order valence-electron chi connectivity index (χ2n) is 5.88. The molecule has 2 N–H and O–H groups in total. The van der Waals surface area contributed by atoms with Gasteiger partial charge in [0.1, 0.15) is 0 Å². The molecule has 0 radical (unpaired) electrons. The third-order valence-corrected chi connectivity index (χ3v) is 5.11. The lowest BCUT2D eigenvalue weighted by Gasteiger charge is -2.22. The van der Waals surface area contributed by atoms with Crippen molar-refractivity contribution in [3.05, 3.63) is 29.3 Å². The van der Waals surface area contributed by atoms with Gasteiger partial charge in [-0.05, 0) is 43.9 Å². The zero-order valence-electron chi connectivity index (χ0n) is 12.2. The molecular formula is C16H22F3NS. The molecule has 118 valence electrons. The molecule has 1 saturated carbocycles. The van der Waals surface area contributed by atoms with Crippen molar-refractivity contribution in [2.75, 3.05) is 0 Å². The van der Waals surface area contributed by atoms with Gasteiger partial charge in [0.05, 0.1) is 5.56 Å². The Morgan fingerprint density at radius 3 is 2.48 bits per heavy atom. The maximum atomic E-state index is 13.2. The van der Waals surface area contributed by atoms with Crippen LogP contribution in [0.5, 0.6) is 0 Å². The van der Waals surface area contributed by atoms with E-state index < -0.39 is 11.7 Å². The van der Waals surface area contributed by atoms with E-state index in [0.29, 0.717) is 10.8 Å². The van der Waals surface area contributed by atoms with Crippen LogP contribution in [0.3, 0.4) is 0 Å². The Morgan fingerprint density at radius 2 is 1.90 bits per heavy atom. The fraction of sp³-hybridized carbons (Fsp3) is 0.625. The number of rotatable bonds is 4. The van der Waals surface area contributed by atoms with Crippen molar-refractivity contribution in [1.82, 2.24) is 0 Å². The first-order valence-corrected chi connectivity index (χ1v) is 8.36. The number of halogens is 3. The van der Waals surface area contributed by atoms with Crippen LogP contribution in [0.15, 0.2) is 23.1 Å². The maximum absolute atomic E-state index is 13.2. The standard InChI is InChI=1S/C16H22F3NS/c1-11(20)9-12-7-8-14(10-15(12)16(17,18)19)21-13-5-3-2-4-6-13/h7-8,10-11,13H,2-6,9,20H2,1H3. The molecule has 0 aromatic heterocycles. The summed E-state index contributed by atoms with van der Waals surface area (Å²) in [5.41, 5.74) is 5.42. The SMILES string of the molecule is CC(N)Cc1ccc(SC2CCCCC2)cc1C(F)(F)F. The van der Waals surface area contributed by atoms with Gasteiger partial charge in [0.2, 0.25) is 0 Å². The van der Waals surface area contributed by atoms with Gasteiger partial charge in [-0.3, -0.25) is 0 Å². The number of thioether (sulfide) groups is 1.